The summed E-state index contributed by atoms with van der Waals surface area (Å²) in [6, 6.07) is 24.1. The molecule has 7 heteroatoms. The van der Waals surface area contributed by atoms with E-state index in [-0.39, 0.29) is 5.78 Å². The highest BCUT2D eigenvalue weighted by Gasteiger charge is 2.19. The quantitative estimate of drug-likeness (QED) is 0.356. The summed E-state index contributed by atoms with van der Waals surface area (Å²) in [7, 11) is 0. The number of aliphatic carboxylic acids is 1. The molecule has 0 aliphatic heterocycles. The third-order valence-corrected chi connectivity index (χ3v) is 5.37. The summed E-state index contributed by atoms with van der Waals surface area (Å²) in [4.78, 5) is 32.9. The molecule has 1 atom stereocenters. The fraction of sp³-hybridized carbons (Fsp3) is 0.0769. The van der Waals surface area contributed by atoms with E-state index in [0.29, 0.717) is 34.1 Å². The number of carbonyl (C=O) groups excluding carboxylic acids is 1. The van der Waals surface area contributed by atoms with Crippen molar-refractivity contribution >= 4 is 29.2 Å². The second kappa shape index (κ2) is 10.1. The molecule has 0 fully saturated rings. The monoisotopic (exact) mass is 457 g/mol. The number of carboxylic acids is 1. The van der Waals surface area contributed by atoms with Gasteiger partial charge >= 0.3 is 5.97 Å². The Bertz CT molecular complexity index is 1260. The zero-order chi connectivity index (χ0) is 23.2. The van der Waals surface area contributed by atoms with E-state index < -0.39 is 12.0 Å². The number of aromatic nitrogens is 2. The topological polar surface area (TPSA) is 92.2 Å². The summed E-state index contributed by atoms with van der Waals surface area (Å²) < 4.78 is 0. The molecule has 33 heavy (non-hydrogen) atoms. The molecular formula is C26H20ClN3O3. The number of nitrogens with zero attached hydrogens (tertiary/aromatic N) is 2. The minimum atomic E-state index is -0.968. The fourth-order valence-electron chi connectivity index (χ4n) is 3.38. The minimum absolute atomic E-state index is 0.103. The number of carbonyl (C=O) groups is 2. The molecule has 1 unspecified atom stereocenters. The molecule has 0 aliphatic rings. The summed E-state index contributed by atoms with van der Waals surface area (Å²) in [5.41, 5.74) is 3.40. The van der Waals surface area contributed by atoms with Gasteiger partial charge in [0.25, 0.3) is 0 Å². The molecule has 0 amide bonds. The van der Waals surface area contributed by atoms with Crippen molar-refractivity contribution in [2.75, 3.05) is 5.32 Å². The van der Waals surface area contributed by atoms with Crippen molar-refractivity contribution in [2.24, 2.45) is 0 Å². The molecule has 4 aromatic rings. The van der Waals surface area contributed by atoms with Crippen molar-refractivity contribution in [3.05, 3.63) is 113 Å². The molecule has 6 nitrogen and oxygen atoms in total. The van der Waals surface area contributed by atoms with E-state index in [9.17, 15) is 14.7 Å². The van der Waals surface area contributed by atoms with E-state index in [1.165, 1.54) is 6.33 Å². The number of anilines is 1. The highest BCUT2D eigenvalue weighted by Crippen LogP contribution is 2.22. The first-order valence-electron chi connectivity index (χ1n) is 10.3. The smallest absolute Gasteiger partial charge is 0.326 e. The largest absolute Gasteiger partial charge is 0.480 e. The van der Waals surface area contributed by atoms with Crippen molar-refractivity contribution in [1.29, 1.82) is 0 Å². The molecule has 164 valence electrons. The molecule has 3 aromatic carbocycles. The van der Waals surface area contributed by atoms with Gasteiger partial charge in [0.2, 0.25) is 0 Å². The summed E-state index contributed by atoms with van der Waals surface area (Å²) in [6.07, 6.45) is 1.70. The maximum atomic E-state index is 12.7. The highest BCUT2D eigenvalue weighted by molar-refractivity contribution is 6.30. The number of hydrogen-bond acceptors (Lipinski definition) is 5. The van der Waals surface area contributed by atoms with Crippen molar-refractivity contribution in [1.82, 2.24) is 9.97 Å². The normalized spacial score (nSPS) is 11.5. The molecule has 4 rings (SSSR count). The first kappa shape index (κ1) is 22.2. The third kappa shape index (κ3) is 5.61. The van der Waals surface area contributed by atoms with Gasteiger partial charge in [-0.3, -0.25) is 4.79 Å². The van der Waals surface area contributed by atoms with E-state index in [1.807, 2.05) is 30.3 Å². The van der Waals surface area contributed by atoms with Crippen LogP contribution in [0, 0.1) is 0 Å². The number of ketones is 1. The van der Waals surface area contributed by atoms with Gasteiger partial charge in [-0.2, -0.15) is 0 Å². The lowest BCUT2D eigenvalue weighted by atomic mass is 10.0. The van der Waals surface area contributed by atoms with Gasteiger partial charge in [0.1, 0.15) is 18.2 Å². The van der Waals surface area contributed by atoms with Crippen LogP contribution in [0.1, 0.15) is 21.5 Å². The van der Waals surface area contributed by atoms with Crippen molar-refractivity contribution in [3.8, 4) is 11.3 Å². The van der Waals surface area contributed by atoms with Crippen LogP contribution in [-0.4, -0.2) is 32.9 Å². The van der Waals surface area contributed by atoms with Crippen LogP contribution in [0.5, 0.6) is 0 Å². The van der Waals surface area contributed by atoms with Gasteiger partial charge in [-0.15, -0.1) is 0 Å². The fourth-order valence-corrected chi connectivity index (χ4v) is 3.51. The zero-order valence-corrected chi connectivity index (χ0v) is 18.2. The average molecular weight is 458 g/mol. The van der Waals surface area contributed by atoms with Crippen LogP contribution in [-0.2, 0) is 11.2 Å². The Kier molecular flexibility index (Phi) is 6.76. The number of nitrogens with one attached hydrogen (secondary N) is 1. The highest BCUT2D eigenvalue weighted by atomic mass is 35.5. The van der Waals surface area contributed by atoms with Crippen LogP contribution in [0.4, 0.5) is 5.82 Å². The summed E-state index contributed by atoms with van der Waals surface area (Å²) >= 11 is 5.89. The number of carboxylic acid groups (broad SMARTS) is 1. The van der Waals surface area contributed by atoms with Gasteiger partial charge in [-0.25, -0.2) is 14.8 Å². The van der Waals surface area contributed by atoms with Crippen LogP contribution in [0.25, 0.3) is 11.3 Å². The Hall–Kier alpha value is -4.03. The second-order valence-electron chi connectivity index (χ2n) is 7.43. The van der Waals surface area contributed by atoms with Gasteiger partial charge in [0.15, 0.2) is 5.78 Å². The van der Waals surface area contributed by atoms with Gasteiger partial charge in [0, 0.05) is 34.2 Å². The Morgan fingerprint density at radius 1 is 0.879 bits per heavy atom. The first-order chi connectivity index (χ1) is 16.0. The van der Waals surface area contributed by atoms with Gasteiger partial charge in [0.05, 0.1) is 5.69 Å². The zero-order valence-electron chi connectivity index (χ0n) is 17.5. The van der Waals surface area contributed by atoms with E-state index in [4.69, 9.17) is 11.6 Å². The lowest BCUT2D eigenvalue weighted by Crippen LogP contribution is -2.31. The van der Waals surface area contributed by atoms with E-state index in [1.54, 1.807) is 54.6 Å². The van der Waals surface area contributed by atoms with Gasteiger partial charge < -0.3 is 10.4 Å². The average Bonchev–Trinajstić information content (AvgIpc) is 2.84. The predicted molar refractivity (Wildman–Crippen MR) is 128 cm³/mol. The third-order valence-electron chi connectivity index (χ3n) is 5.12. The molecule has 0 saturated heterocycles. The Labute approximate surface area is 195 Å². The van der Waals surface area contributed by atoms with Crippen LogP contribution in [0.3, 0.4) is 0 Å². The molecule has 0 aliphatic carbocycles. The van der Waals surface area contributed by atoms with Gasteiger partial charge in [-0.05, 0) is 29.8 Å². The Morgan fingerprint density at radius 3 is 2.15 bits per heavy atom. The Morgan fingerprint density at radius 2 is 1.52 bits per heavy atom. The van der Waals surface area contributed by atoms with E-state index in [2.05, 4.69) is 15.3 Å². The lowest BCUT2D eigenvalue weighted by Gasteiger charge is -2.15. The van der Waals surface area contributed by atoms with Crippen LogP contribution >= 0.6 is 11.6 Å². The second-order valence-corrected chi connectivity index (χ2v) is 7.86. The number of rotatable bonds is 8. The molecule has 0 bridgehead atoms. The van der Waals surface area contributed by atoms with E-state index >= 15 is 0 Å². The van der Waals surface area contributed by atoms with Crippen molar-refractivity contribution in [2.45, 2.75) is 12.5 Å². The summed E-state index contributed by atoms with van der Waals surface area (Å²) in [6.45, 7) is 0. The lowest BCUT2D eigenvalue weighted by molar-refractivity contribution is -0.137. The predicted octanol–water partition coefficient (Wildman–Crippen LogP) is 5.14. The maximum Gasteiger partial charge on any atom is 0.326 e. The first-order valence-corrected chi connectivity index (χ1v) is 10.6. The van der Waals surface area contributed by atoms with Crippen molar-refractivity contribution < 1.29 is 14.7 Å². The number of benzene rings is 3. The summed E-state index contributed by atoms with van der Waals surface area (Å²) in [5.74, 6) is -0.665. The molecule has 0 spiro atoms. The molecule has 2 N–H and O–H groups in total. The number of halogens is 1. The van der Waals surface area contributed by atoms with Crippen LogP contribution < -0.4 is 5.32 Å². The molecular weight excluding hydrogens is 438 g/mol. The standard InChI is InChI=1S/C26H20ClN3O3/c27-21-12-10-20(11-13-21)25(31)19-8-6-18(7-9-19)22-15-24(29-16-28-22)30-23(26(32)33)14-17-4-2-1-3-5-17/h1-13,15-16,23H,14H2,(H,32,33)(H,28,29,30). The maximum absolute atomic E-state index is 12.7. The van der Waals surface area contributed by atoms with E-state index in [0.717, 1.165) is 11.1 Å². The van der Waals surface area contributed by atoms with Crippen molar-refractivity contribution in [3.63, 3.8) is 0 Å². The van der Waals surface area contributed by atoms with Crippen LogP contribution in [0.2, 0.25) is 5.02 Å². The molecule has 1 heterocycles. The molecule has 1 aromatic heterocycles. The van der Waals surface area contributed by atoms with Gasteiger partial charge in [-0.1, -0.05) is 66.2 Å². The SMILES string of the molecule is O=C(c1ccc(Cl)cc1)c1ccc(-c2cc(NC(Cc3ccccc3)C(=O)O)ncn2)cc1. The molecule has 0 saturated carbocycles. The Balaban J connectivity index is 1.50. The van der Waals surface area contributed by atoms with Crippen LogP contribution in [0.15, 0.2) is 91.3 Å². The summed E-state index contributed by atoms with van der Waals surface area (Å²) in [5, 5.41) is 13.2. The minimum Gasteiger partial charge on any atom is -0.480 e. The molecule has 0 radical (unpaired) electrons. The number of hydrogen-bond donors (Lipinski definition) is 2.